The topological polar surface area (TPSA) is 23.8 Å². The molecule has 0 saturated heterocycles. The molecule has 2 heteroatoms. The van der Waals surface area contributed by atoms with Crippen LogP contribution in [0.3, 0.4) is 0 Å². The van der Waals surface area contributed by atoms with Crippen LogP contribution in [0.1, 0.15) is 18.9 Å². The molecule has 72 valence electrons. The van der Waals surface area contributed by atoms with Crippen molar-refractivity contribution >= 4 is 17.3 Å². The van der Waals surface area contributed by atoms with E-state index in [4.69, 9.17) is 5.26 Å². The van der Waals surface area contributed by atoms with Crippen LogP contribution in [0, 0.1) is 11.3 Å². The maximum atomic E-state index is 8.70. The molecule has 0 saturated carbocycles. The molecular formula is C12H13NS. The Hall–Kier alpha value is -1.20. The van der Waals surface area contributed by atoms with Crippen LogP contribution in [-0.2, 0) is 0 Å². The van der Waals surface area contributed by atoms with Crippen molar-refractivity contribution < 1.29 is 0 Å². The summed E-state index contributed by atoms with van der Waals surface area (Å²) < 4.78 is 0. The fraction of sp³-hybridized carbons (Fsp3) is 0.250. The predicted octanol–water partition coefficient (Wildman–Crippen LogP) is 3.69. The number of benzene rings is 1. The predicted molar refractivity (Wildman–Crippen MR) is 62.8 cm³/mol. The molecule has 1 aromatic rings. The lowest BCUT2D eigenvalue weighted by molar-refractivity contribution is 1.36. The molecule has 0 aliphatic rings. The normalized spacial score (nSPS) is 11.0. The Kier molecular flexibility index (Phi) is 4.88. The van der Waals surface area contributed by atoms with Crippen molar-refractivity contribution in [3.63, 3.8) is 0 Å². The minimum absolute atomic E-state index is 0.483. The number of nitriles is 1. The first kappa shape index (κ1) is 10.9. The van der Waals surface area contributed by atoms with E-state index in [-0.39, 0.29) is 0 Å². The Bertz CT molecular complexity index is 335. The maximum Gasteiger partial charge on any atom is 0.0670 e. The minimum atomic E-state index is 0.483. The molecule has 0 bridgehead atoms. The maximum absolute atomic E-state index is 8.70. The molecule has 1 rings (SSSR count). The molecule has 0 amide bonds. The molecule has 0 aliphatic heterocycles. The quantitative estimate of drug-likeness (QED) is 0.745. The van der Waals surface area contributed by atoms with Gasteiger partial charge in [0.25, 0.3) is 0 Å². The summed E-state index contributed by atoms with van der Waals surface area (Å²) in [6.45, 7) is 2.11. The highest BCUT2D eigenvalue weighted by Gasteiger charge is 1.99. The zero-order valence-corrected chi connectivity index (χ0v) is 9.05. The van der Waals surface area contributed by atoms with Gasteiger partial charge in [0.1, 0.15) is 0 Å². The van der Waals surface area contributed by atoms with E-state index in [0.29, 0.717) is 6.42 Å². The summed E-state index contributed by atoms with van der Waals surface area (Å²) in [5.41, 5.74) is 2.26. The van der Waals surface area contributed by atoms with E-state index in [1.54, 1.807) is 11.8 Å². The van der Waals surface area contributed by atoms with Crippen LogP contribution in [0.2, 0.25) is 0 Å². The Balaban J connectivity index is 2.84. The van der Waals surface area contributed by atoms with Crippen LogP contribution in [-0.4, -0.2) is 5.75 Å². The standard InChI is InChI=1S/C12H13NS/c1-2-14-10-12(8-9-13)11-6-4-3-5-7-11/h3-7,10H,2,8H2,1H3/b12-10-. The zero-order valence-electron chi connectivity index (χ0n) is 8.23. The number of hydrogen-bond acceptors (Lipinski definition) is 2. The third-order valence-electron chi connectivity index (χ3n) is 1.81. The van der Waals surface area contributed by atoms with Crippen molar-refractivity contribution in [2.75, 3.05) is 5.75 Å². The van der Waals surface area contributed by atoms with Crippen molar-refractivity contribution in [1.29, 1.82) is 5.26 Å². The molecule has 0 aromatic heterocycles. The first-order valence-electron chi connectivity index (χ1n) is 4.61. The molecule has 1 nitrogen and oxygen atoms in total. The molecule has 0 aliphatic carbocycles. The first-order valence-corrected chi connectivity index (χ1v) is 5.66. The van der Waals surface area contributed by atoms with Gasteiger partial charge in [0, 0.05) is 0 Å². The van der Waals surface area contributed by atoms with E-state index in [1.165, 1.54) is 0 Å². The molecule has 0 fully saturated rings. The molecule has 0 unspecified atom stereocenters. The van der Waals surface area contributed by atoms with Crippen LogP contribution in [0.25, 0.3) is 5.57 Å². The molecule has 14 heavy (non-hydrogen) atoms. The smallest absolute Gasteiger partial charge is 0.0670 e. The van der Waals surface area contributed by atoms with E-state index in [0.717, 1.165) is 16.9 Å². The van der Waals surface area contributed by atoms with Crippen LogP contribution < -0.4 is 0 Å². The highest BCUT2D eigenvalue weighted by Crippen LogP contribution is 2.21. The van der Waals surface area contributed by atoms with Crippen LogP contribution >= 0.6 is 11.8 Å². The van der Waals surface area contributed by atoms with Gasteiger partial charge in [-0.25, -0.2) is 0 Å². The van der Waals surface area contributed by atoms with E-state index in [1.807, 2.05) is 30.3 Å². The largest absolute Gasteiger partial charge is 0.198 e. The van der Waals surface area contributed by atoms with Crippen molar-refractivity contribution in [2.24, 2.45) is 0 Å². The minimum Gasteiger partial charge on any atom is -0.198 e. The average Bonchev–Trinajstić information content (AvgIpc) is 2.25. The lowest BCUT2D eigenvalue weighted by Crippen LogP contribution is -1.81. The van der Waals surface area contributed by atoms with Gasteiger partial charge in [0.15, 0.2) is 0 Å². The Labute approximate surface area is 89.4 Å². The van der Waals surface area contributed by atoms with Gasteiger partial charge in [-0.2, -0.15) is 5.26 Å². The van der Waals surface area contributed by atoms with Crippen LogP contribution in [0.4, 0.5) is 0 Å². The second-order valence-corrected chi connectivity index (χ2v) is 3.95. The van der Waals surface area contributed by atoms with Crippen LogP contribution in [0.15, 0.2) is 35.7 Å². The van der Waals surface area contributed by atoms with Gasteiger partial charge in [-0.15, -0.1) is 11.8 Å². The van der Waals surface area contributed by atoms with Gasteiger partial charge >= 0.3 is 0 Å². The highest BCUT2D eigenvalue weighted by atomic mass is 32.2. The van der Waals surface area contributed by atoms with Gasteiger partial charge in [-0.1, -0.05) is 37.3 Å². The van der Waals surface area contributed by atoms with E-state index >= 15 is 0 Å². The number of thioether (sulfide) groups is 1. The molecule has 1 aromatic carbocycles. The van der Waals surface area contributed by atoms with Crippen molar-refractivity contribution in [3.05, 3.63) is 41.3 Å². The summed E-state index contributed by atoms with van der Waals surface area (Å²) in [6.07, 6.45) is 0.483. The van der Waals surface area contributed by atoms with Crippen molar-refractivity contribution in [3.8, 4) is 6.07 Å². The summed E-state index contributed by atoms with van der Waals surface area (Å²) >= 11 is 1.74. The number of nitrogens with zero attached hydrogens (tertiary/aromatic N) is 1. The SMILES string of the molecule is CCS/C=C(/CC#N)c1ccccc1. The van der Waals surface area contributed by atoms with Crippen molar-refractivity contribution in [2.45, 2.75) is 13.3 Å². The molecule has 0 spiro atoms. The van der Waals surface area contributed by atoms with Gasteiger partial charge in [-0.05, 0) is 22.3 Å². The highest BCUT2D eigenvalue weighted by molar-refractivity contribution is 8.02. The fourth-order valence-corrected chi connectivity index (χ4v) is 1.72. The molecular weight excluding hydrogens is 190 g/mol. The van der Waals surface area contributed by atoms with Crippen LogP contribution in [0.5, 0.6) is 0 Å². The second kappa shape index (κ2) is 6.28. The van der Waals surface area contributed by atoms with E-state index < -0.39 is 0 Å². The molecule has 0 radical (unpaired) electrons. The summed E-state index contributed by atoms with van der Waals surface area (Å²) in [6, 6.07) is 12.3. The average molecular weight is 203 g/mol. The summed E-state index contributed by atoms with van der Waals surface area (Å²) in [5, 5.41) is 10.8. The van der Waals surface area contributed by atoms with Gasteiger partial charge < -0.3 is 0 Å². The number of rotatable bonds is 4. The Morgan fingerprint density at radius 3 is 2.71 bits per heavy atom. The lowest BCUT2D eigenvalue weighted by atomic mass is 10.1. The molecule has 0 atom stereocenters. The summed E-state index contributed by atoms with van der Waals surface area (Å²) in [5.74, 6) is 1.04. The Morgan fingerprint density at radius 1 is 1.43 bits per heavy atom. The number of allylic oxidation sites excluding steroid dienone is 1. The third-order valence-corrected chi connectivity index (χ3v) is 2.59. The second-order valence-electron chi connectivity index (χ2n) is 2.80. The molecule has 0 heterocycles. The lowest BCUT2D eigenvalue weighted by Gasteiger charge is -2.02. The van der Waals surface area contributed by atoms with Gasteiger partial charge in [-0.3, -0.25) is 0 Å². The van der Waals surface area contributed by atoms with Crippen molar-refractivity contribution in [1.82, 2.24) is 0 Å². The van der Waals surface area contributed by atoms with E-state index in [9.17, 15) is 0 Å². The zero-order chi connectivity index (χ0) is 10.2. The number of hydrogen-bond donors (Lipinski definition) is 0. The Morgan fingerprint density at radius 2 is 2.14 bits per heavy atom. The van der Waals surface area contributed by atoms with Gasteiger partial charge in [0.05, 0.1) is 12.5 Å². The van der Waals surface area contributed by atoms with E-state index in [2.05, 4.69) is 18.4 Å². The fourth-order valence-electron chi connectivity index (χ4n) is 1.13. The first-order chi connectivity index (χ1) is 6.88. The van der Waals surface area contributed by atoms with Gasteiger partial charge in [0.2, 0.25) is 0 Å². The monoisotopic (exact) mass is 203 g/mol. The third kappa shape index (κ3) is 3.27. The summed E-state index contributed by atoms with van der Waals surface area (Å²) in [4.78, 5) is 0. The summed E-state index contributed by atoms with van der Waals surface area (Å²) in [7, 11) is 0. The molecule has 0 N–H and O–H groups in total.